The van der Waals surface area contributed by atoms with Crippen molar-refractivity contribution in [3.63, 3.8) is 0 Å². The first-order valence-corrected chi connectivity index (χ1v) is 12.8. The van der Waals surface area contributed by atoms with Crippen molar-refractivity contribution in [1.82, 2.24) is 4.90 Å². The number of para-hydroxylation sites is 1. The standard InChI is InChI=1S/C30H25F3N4O5/c1-28(2)26(39)37(20-11-9-17(15-34)22(14-20)30(31,32)33)27(40)36(28)16-18-7-5-6-8-23(18)35-19-10-12-21-24(13-19)41-29(3,4)42-25(21)38/h5-14,35H,16H2,1-4H3. The number of imide groups is 1. The molecule has 3 aromatic carbocycles. The fourth-order valence-corrected chi connectivity index (χ4v) is 4.86. The molecule has 0 unspecified atom stereocenters. The van der Waals surface area contributed by atoms with Crippen LogP contribution < -0.4 is 15.0 Å². The van der Waals surface area contributed by atoms with Gasteiger partial charge >= 0.3 is 18.2 Å². The van der Waals surface area contributed by atoms with Crippen LogP contribution in [0.3, 0.4) is 0 Å². The Hall–Kier alpha value is -5.05. The molecule has 0 bridgehead atoms. The molecule has 2 aliphatic rings. The van der Waals surface area contributed by atoms with E-state index >= 15 is 0 Å². The predicted molar refractivity (Wildman–Crippen MR) is 145 cm³/mol. The van der Waals surface area contributed by atoms with Gasteiger partial charge in [-0.25, -0.2) is 14.5 Å². The summed E-state index contributed by atoms with van der Waals surface area (Å²) in [6.07, 6.45) is -4.86. The predicted octanol–water partition coefficient (Wildman–Crippen LogP) is 6.35. The molecule has 0 spiro atoms. The summed E-state index contributed by atoms with van der Waals surface area (Å²) in [6, 6.07) is 15.3. The van der Waals surface area contributed by atoms with Gasteiger partial charge < -0.3 is 19.7 Å². The number of ether oxygens (including phenoxy) is 2. The highest BCUT2D eigenvalue weighted by atomic mass is 19.4. The molecule has 216 valence electrons. The maximum Gasteiger partial charge on any atom is 0.417 e. The largest absolute Gasteiger partial charge is 0.452 e. The average molecular weight is 579 g/mol. The van der Waals surface area contributed by atoms with Crippen molar-refractivity contribution >= 4 is 35.0 Å². The van der Waals surface area contributed by atoms with E-state index in [2.05, 4.69) is 5.32 Å². The van der Waals surface area contributed by atoms with E-state index < -0.39 is 46.5 Å². The lowest BCUT2D eigenvalue weighted by molar-refractivity contribution is -0.137. The van der Waals surface area contributed by atoms with E-state index in [1.54, 1.807) is 56.3 Å². The number of amides is 3. The average Bonchev–Trinajstić information content (AvgIpc) is 3.07. The molecule has 0 aliphatic carbocycles. The monoisotopic (exact) mass is 578 g/mol. The fourth-order valence-electron chi connectivity index (χ4n) is 4.86. The summed E-state index contributed by atoms with van der Waals surface area (Å²) in [6.45, 7) is 6.20. The molecule has 42 heavy (non-hydrogen) atoms. The van der Waals surface area contributed by atoms with Crippen LogP contribution in [-0.4, -0.2) is 34.1 Å². The number of carbonyl (C=O) groups excluding carboxylic acids is 3. The molecule has 0 aromatic heterocycles. The van der Waals surface area contributed by atoms with Crippen LogP contribution in [0, 0.1) is 11.3 Å². The molecule has 0 radical (unpaired) electrons. The summed E-state index contributed by atoms with van der Waals surface area (Å²) < 4.78 is 51.8. The van der Waals surface area contributed by atoms with E-state index in [0.29, 0.717) is 33.7 Å². The smallest absolute Gasteiger partial charge is 0.417 e. The number of urea groups is 1. The Kier molecular flexibility index (Phi) is 6.64. The molecule has 3 aromatic rings. The van der Waals surface area contributed by atoms with Gasteiger partial charge in [-0.05, 0) is 55.8 Å². The maximum absolute atomic E-state index is 13.6. The van der Waals surface area contributed by atoms with Gasteiger partial charge in [0.15, 0.2) is 0 Å². The minimum Gasteiger partial charge on any atom is -0.452 e. The van der Waals surface area contributed by atoms with Gasteiger partial charge in [0.05, 0.1) is 29.4 Å². The molecule has 1 N–H and O–H groups in total. The van der Waals surface area contributed by atoms with Gasteiger partial charge in [-0.3, -0.25) is 4.79 Å². The number of benzene rings is 3. The second-order valence-corrected chi connectivity index (χ2v) is 10.8. The fraction of sp³-hybridized carbons (Fsp3) is 0.267. The van der Waals surface area contributed by atoms with Crippen molar-refractivity contribution < 1.29 is 37.0 Å². The van der Waals surface area contributed by atoms with Crippen LogP contribution in [-0.2, 0) is 22.3 Å². The minimum atomic E-state index is -4.86. The third kappa shape index (κ3) is 4.98. The van der Waals surface area contributed by atoms with Gasteiger partial charge in [-0.15, -0.1) is 0 Å². The summed E-state index contributed by atoms with van der Waals surface area (Å²) in [5, 5.41) is 12.4. The third-order valence-electron chi connectivity index (χ3n) is 7.03. The van der Waals surface area contributed by atoms with Crippen LogP contribution in [0.1, 0.15) is 54.7 Å². The molecule has 3 amide bonds. The van der Waals surface area contributed by atoms with Crippen LogP contribution in [0.15, 0.2) is 60.7 Å². The zero-order chi connectivity index (χ0) is 30.6. The number of hydrogen-bond acceptors (Lipinski definition) is 7. The Morgan fingerprint density at radius 3 is 2.36 bits per heavy atom. The lowest BCUT2D eigenvalue weighted by atomic mass is 10.0. The molecular weight excluding hydrogens is 553 g/mol. The first-order chi connectivity index (χ1) is 19.6. The summed E-state index contributed by atoms with van der Waals surface area (Å²) in [7, 11) is 0. The number of cyclic esters (lactones) is 1. The minimum absolute atomic E-state index is 0.0551. The van der Waals surface area contributed by atoms with Crippen molar-refractivity contribution in [3.05, 3.63) is 82.9 Å². The Balaban J connectivity index is 1.44. The second-order valence-electron chi connectivity index (χ2n) is 10.8. The van der Waals surface area contributed by atoms with Crippen LogP contribution in [0.2, 0.25) is 0 Å². The number of nitriles is 1. The lowest BCUT2D eigenvalue weighted by Gasteiger charge is -2.32. The number of carbonyl (C=O) groups is 3. The zero-order valence-electron chi connectivity index (χ0n) is 23.0. The Morgan fingerprint density at radius 2 is 1.67 bits per heavy atom. The van der Waals surface area contributed by atoms with Crippen molar-refractivity contribution in [1.29, 1.82) is 5.26 Å². The number of rotatable bonds is 5. The van der Waals surface area contributed by atoms with Crippen LogP contribution >= 0.6 is 0 Å². The summed E-state index contributed by atoms with van der Waals surface area (Å²) >= 11 is 0. The normalized spacial score (nSPS) is 17.3. The van der Waals surface area contributed by atoms with E-state index in [0.717, 1.165) is 12.1 Å². The van der Waals surface area contributed by atoms with Gasteiger partial charge in [0, 0.05) is 31.3 Å². The van der Waals surface area contributed by atoms with Gasteiger partial charge in [0.1, 0.15) is 16.9 Å². The maximum atomic E-state index is 13.6. The molecule has 0 atom stereocenters. The summed E-state index contributed by atoms with van der Waals surface area (Å²) in [5.41, 5.74) is -1.49. The molecular formula is C30H25F3N4O5. The highest BCUT2D eigenvalue weighted by molar-refractivity contribution is 6.23. The molecule has 0 saturated carbocycles. The van der Waals surface area contributed by atoms with Crippen LogP contribution in [0.4, 0.5) is 35.0 Å². The molecule has 5 rings (SSSR count). The number of fused-ring (bicyclic) bond motifs is 1. The highest BCUT2D eigenvalue weighted by Crippen LogP contribution is 2.39. The van der Waals surface area contributed by atoms with Crippen molar-refractivity contribution in [2.24, 2.45) is 0 Å². The first-order valence-electron chi connectivity index (χ1n) is 12.8. The second kappa shape index (κ2) is 9.80. The molecule has 2 heterocycles. The number of halogens is 3. The molecule has 1 saturated heterocycles. The number of anilines is 3. The zero-order valence-corrected chi connectivity index (χ0v) is 23.0. The topological polar surface area (TPSA) is 112 Å². The van der Waals surface area contributed by atoms with Crippen molar-refractivity contribution in [2.45, 2.75) is 51.7 Å². The van der Waals surface area contributed by atoms with E-state index in [-0.39, 0.29) is 17.8 Å². The van der Waals surface area contributed by atoms with E-state index in [9.17, 15) is 27.6 Å². The Bertz CT molecular complexity index is 1680. The Morgan fingerprint density at radius 1 is 0.952 bits per heavy atom. The van der Waals surface area contributed by atoms with Gasteiger partial charge in [-0.2, -0.15) is 18.4 Å². The SMILES string of the molecule is CC1(C)OC(=O)c2ccc(Nc3ccccc3CN3C(=O)N(c4ccc(C#N)c(C(F)(F)F)c4)C(=O)C3(C)C)cc2O1. The van der Waals surface area contributed by atoms with Gasteiger partial charge in [0.2, 0.25) is 5.79 Å². The summed E-state index contributed by atoms with van der Waals surface area (Å²) in [4.78, 5) is 41.3. The molecule has 9 nitrogen and oxygen atoms in total. The van der Waals surface area contributed by atoms with Gasteiger partial charge in [-0.1, -0.05) is 18.2 Å². The van der Waals surface area contributed by atoms with Crippen molar-refractivity contribution in [3.8, 4) is 11.8 Å². The third-order valence-corrected chi connectivity index (χ3v) is 7.03. The van der Waals surface area contributed by atoms with E-state index in [1.165, 1.54) is 24.8 Å². The molecule has 1 fully saturated rings. The number of esters is 1. The van der Waals surface area contributed by atoms with E-state index in [4.69, 9.17) is 14.7 Å². The number of nitrogens with zero attached hydrogens (tertiary/aromatic N) is 3. The lowest BCUT2D eigenvalue weighted by Crippen LogP contribution is -2.43. The molecule has 2 aliphatic heterocycles. The molecule has 12 heteroatoms. The van der Waals surface area contributed by atoms with Crippen LogP contribution in [0.25, 0.3) is 0 Å². The first kappa shape index (κ1) is 28.5. The summed E-state index contributed by atoms with van der Waals surface area (Å²) in [5.74, 6) is -2.04. The number of alkyl halides is 3. The van der Waals surface area contributed by atoms with Crippen LogP contribution in [0.5, 0.6) is 5.75 Å². The number of hydrogen-bond donors (Lipinski definition) is 1. The Labute approximate surface area is 239 Å². The number of nitrogens with one attached hydrogen (secondary N) is 1. The van der Waals surface area contributed by atoms with Crippen molar-refractivity contribution in [2.75, 3.05) is 10.2 Å². The van der Waals surface area contributed by atoms with Gasteiger partial charge in [0.25, 0.3) is 5.91 Å². The highest BCUT2D eigenvalue weighted by Gasteiger charge is 2.52. The van der Waals surface area contributed by atoms with E-state index in [1.807, 2.05) is 0 Å². The quantitative estimate of drug-likeness (QED) is 0.277.